The predicted molar refractivity (Wildman–Crippen MR) is 87.1 cm³/mol. The number of nitrogens with one attached hydrogen (secondary N) is 2. The van der Waals surface area contributed by atoms with E-state index in [1.165, 1.54) is 12.8 Å². The summed E-state index contributed by atoms with van der Waals surface area (Å²) in [6.07, 6.45) is 4.89. The first-order valence-electron chi connectivity index (χ1n) is 7.71. The average Bonchev–Trinajstić information content (AvgIpc) is 2.55. The molecule has 1 atom stereocenters. The minimum Gasteiger partial charge on any atom is -0.316 e. The van der Waals surface area contributed by atoms with Gasteiger partial charge >= 0.3 is 0 Å². The van der Waals surface area contributed by atoms with Crippen molar-refractivity contribution in [1.82, 2.24) is 15.0 Å². The molecule has 1 aromatic heterocycles. The molecule has 0 spiro atoms. The third-order valence-electron chi connectivity index (χ3n) is 4.14. The quantitative estimate of drug-likeness (QED) is 0.883. The van der Waals surface area contributed by atoms with Gasteiger partial charge < -0.3 is 5.32 Å². The normalized spacial score (nSPS) is 19.4. The van der Waals surface area contributed by atoms with Crippen LogP contribution in [0, 0.1) is 5.92 Å². The summed E-state index contributed by atoms with van der Waals surface area (Å²) in [5.74, 6) is 0.561. The Morgan fingerprint density at radius 1 is 1.27 bits per heavy atom. The second kappa shape index (κ2) is 6.73. The highest BCUT2D eigenvalue weighted by atomic mass is 32.2. The van der Waals surface area contributed by atoms with E-state index in [0.29, 0.717) is 28.3 Å². The van der Waals surface area contributed by atoms with Gasteiger partial charge in [0.1, 0.15) is 0 Å². The number of fused-ring (bicyclic) bond motifs is 1. The lowest BCUT2D eigenvalue weighted by Gasteiger charge is -2.22. The number of pyridine rings is 1. The van der Waals surface area contributed by atoms with E-state index in [-0.39, 0.29) is 0 Å². The molecule has 2 N–H and O–H groups in total. The molecule has 118 valence electrons. The van der Waals surface area contributed by atoms with Crippen molar-refractivity contribution in [2.24, 2.45) is 5.92 Å². The van der Waals surface area contributed by atoms with Gasteiger partial charge in [-0.1, -0.05) is 6.07 Å². The van der Waals surface area contributed by atoms with Gasteiger partial charge in [-0.2, -0.15) is 0 Å². The summed E-state index contributed by atoms with van der Waals surface area (Å²) in [6, 6.07) is 8.74. The lowest BCUT2D eigenvalue weighted by Crippen LogP contribution is -2.33. The number of rotatable bonds is 5. The highest BCUT2D eigenvalue weighted by Gasteiger charge is 2.18. The molecule has 0 saturated carbocycles. The van der Waals surface area contributed by atoms with Gasteiger partial charge in [0.15, 0.2) is 0 Å². The van der Waals surface area contributed by atoms with Crippen LogP contribution in [0.4, 0.5) is 0 Å². The summed E-state index contributed by atoms with van der Waals surface area (Å²) in [4.78, 5) is 4.51. The first kappa shape index (κ1) is 15.4. The Hall–Kier alpha value is -1.50. The molecule has 22 heavy (non-hydrogen) atoms. The Labute approximate surface area is 131 Å². The zero-order valence-electron chi connectivity index (χ0n) is 12.5. The zero-order chi connectivity index (χ0) is 15.4. The minimum absolute atomic E-state index is 0.305. The second-order valence-corrected chi connectivity index (χ2v) is 7.46. The lowest BCUT2D eigenvalue weighted by molar-refractivity contribution is 0.358. The van der Waals surface area contributed by atoms with Crippen LogP contribution in [0.1, 0.15) is 19.3 Å². The molecule has 2 heterocycles. The third-order valence-corrected chi connectivity index (χ3v) is 5.66. The number of benzene rings is 1. The van der Waals surface area contributed by atoms with E-state index in [4.69, 9.17) is 0 Å². The van der Waals surface area contributed by atoms with Crippen LogP contribution in [0.2, 0.25) is 0 Å². The van der Waals surface area contributed by atoms with Crippen LogP contribution in [-0.4, -0.2) is 33.0 Å². The minimum atomic E-state index is -3.50. The van der Waals surface area contributed by atoms with Gasteiger partial charge in [-0.15, -0.1) is 0 Å². The molecule has 1 aliphatic rings. The van der Waals surface area contributed by atoms with Gasteiger partial charge in [-0.25, -0.2) is 13.1 Å². The SMILES string of the molecule is O=S(=O)(NCCC1CCCNC1)c1cccc2ncccc12. The predicted octanol–water partition coefficient (Wildman–Crippen LogP) is 1.90. The number of sulfonamides is 1. The molecule has 1 aromatic carbocycles. The van der Waals surface area contributed by atoms with Crippen molar-refractivity contribution in [2.75, 3.05) is 19.6 Å². The molecule has 1 unspecified atom stereocenters. The largest absolute Gasteiger partial charge is 0.316 e. The van der Waals surface area contributed by atoms with Crippen molar-refractivity contribution < 1.29 is 8.42 Å². The maximum absolute atomic E-state index is 12.5. The molecule has 0 amide bonds. The van der Waals surface area contributed by atoms with E-state index in [1.54, 1.807) is 30.5 Å². The van der Waals surface area contributed by atoms with Crippen molar-refractivity contribution in [1.29, 1.82) is 0 Å². The van der Waals surface area contributed by atoms with E-state index in [1.807, 2.05) is 6.07 Å². The molecule has 0 aliphatic carbocycles. The zero-order valence-corrected chi connectivity index (χ0v) is 13.3. The van der Waals surface area contributed by atoms with Crippen molar-refractivity contribution >= 4 is 20.9 Å². The molecule has 1 fully saturated rings. The van der Waals surface area contributed by atoms with Crippen LogP contribution in [-0.2, 0) is 10.0 Å². The molecule has 3 rings (SSSR count). The van der Waals surface area contributed by atoms with Crippen LogP contribution >= 0.6 is 0 Å². The Kier molecular flexibility index (Phi) is 4.71. The molecule has 5 nitrogen and oxygen atoms in total. The van der Waals surface area contributed by atoms with Gasteiger partial charge in [0.05, 0.1) is 10.4 Å². The Morgan fingerprint density at radius 2 is 2.18 bits per heavy atom. The van der Waals surface area contributed by atoms with Gasteiger partial charge in [-0.3, -0.25) is 4.98 Å². The highest BCUT2D eigenvalue weighted by molar-refractivity contribution is 7.89. The van der Waals surface area contributed by atoms with E-state index in [0.717, 1.165) is 19.5 Å². The fourth-order valence-corrected chi connectivity index (χ4v) is 4.22. The van der Waals surface area contributed by atoms with Gasteiger partial charge in [0.25, 0.3) is 0 Å². The fourth-order valence-electron chi connectivity index (χ4n) is 2.96. The maximum Gasteiger partial charge on any atom is 0.241 e. The number of piperidine rings is 1. The Bertz CT molecular complexity index is 735. The molecular formula is C16H21N3O2S. The molecule has 1 saturated heterocycles. The van der Waals surface area contributed by atoms with Crippen LogP contribution < -0.4 is 10.0 Å². The van der Waals surface area contributed by atoms with E-state index < -0.39 is 10.0 Å². The first-order chi connectivity index (χ1) is 10.7. The fraction of sp³-hybridized carbons (Fsp3) is 0.438. The smallest absolute Gasteiger partial charge is 0.241 e. The number of aromatic nitrogens is 1. The maximum atomic E-state index is 12.5. The van der Waals surface area contributed by atoms with Crippen molar-refractivity contribution in [2.45, 2.75) is 24.2 Å². The van der Waals surface area contributed by atoms with Crippen molar-refractivity contribution in [3.05, 3.63) is 36.5 Å². The van der Waals surface area contributed by atoms with Crippen molar-refractivity contribution in [3.8, 4) is 0 Å². The van der Waals surface area contributed by atoms with Gasteiger partial charge in [0.2, 0.25) is 10.0 Å². The van der Waals surface area contributed by atoms with Crippen molar-refractivity contribution in [3.63, 3.8) is 0 Å². The monoisotopic (exact) mass is 319 g/mol. The Morgan fingerprint density at radius 3 is 3.00 bits per heavy atom. The van der Waals surface area contributed by atoms with Crippen LogP contribution in [0.3, 0.4) is 0 Å². The Balaban J connectivity index is 1.71. The third kappa shape index (κ3) is 3.45. The first-order valence-corrected chi connectivity index (χ1v) is 9.19. The molecule has 1 aliphatic heterocycles. The van der Waals surface area contributed by atoms with Crippen LogP contribution in [0.15, 0.2) is 41.4 Å². The molecule has 6 heteroatoms. The van der Waals surface area contributed by atoms with E-state index >= 15 is 0 Å². The lowest BCUT2D eigenvalue weighted by atomic mass is 9.96. The summed E-state index contributed by atoms with van der Waals surface area (Å²) >= 11 is 0. The summed E-state index contributed by atoms with van der Waals surface area (Å²) in [7, 11) is -3.50. The highest BCUT2D eigenvalue weighted by Crippen LogP contribution is 2.21. The number of nitrogens with zero attached hydrogens (tertiary/aromatic N) is 1. The summed E-state index contributed by atoms with van der Waals surface area (Å²) in [6.45, 7) is 2.54. The van der Waals surface area contributed by atoms with Crippen LogP contribution in [0.25, 0.3) is 10.9 Å². The number of hydrogen-bond donors (Lipinski definition) is 2. The summed E-state index contributed by atoms with van der Waals surface area (Å²) in [5.41, 5.74) is 0.696. The molecular weight excluding hydrogens is 298 g/mol. The number of hydrogen-bond acceptors (Lipinski definition) is 4. The van der Waals surface area contributed by atoms with E-state index in [9.17, 15) is 8.42 Å². The van der Waals surface area contributed by atoms with E-state index in [2.05, 4.69) is 15.0 Å². The standard InChI is InChI=1S/C16H21N3O2S/c20-22(21,19-11-8-13-4-2-9-17-12-13)16-7-1-6-15-14(16)5-3-10-18-15/h1,3,5-7,10,13,17,19H,2,4,8-9,11-12H2. The van der Waals surface area contributed by atoms with Gasteiger partial charge in [0, 0.05) is 18.1 Å². The summed E-state index contributed by atoms with van der Waals surface area (Å²) < 4.78 is 27.8. The molecule has 2 aromatic rings. The molecule has 0 bridgehead atoms. The average molecular weight is 319 g/mol. The van der Waals surface area contributed by atoms with Gasteiger partial charge in [-0.05, 0) is 62.5 Å². The molecule has 0 radical (unpaired) electrons. The summed E-state index contributed by atoms with van der Waals surface area (Å²) in [5, 5.41) is 4.02. The second-order valence-electron chi connectivity index (χ2n) is 5.73. The van der Waals surface area contributed by atoms with Crippen LogP contribution in [0.5, 0.6) is 0 Å². The topological polar surface area (TPSA) is 71.1 Å².